The summed E-state index contributed by atoms with van der Waals surface area (Å²) in [4.78, 5) is 12.1. The molecule has 4 nitrogen and oxygen atoms in total. The van der Waals surface area contributed by atoms with Crippen LogP contribution >= 0.6 is 11.8 Å². The summed E-state index contributed by atoms with van der Waals surface area (Å²) in [6.07, 6.45) is 6.32. The van der Waals surface area contributed by atoms with Gasteiger partial charge in [0.1, 0.15) is 6.04 Å². The van der Waals surface area contributed by atoms with Crippen molar-refractivity contribution in [1.82, 2.24) is 14.5 Å². The molecule has 23 heavy (non-hydrogen) atoms. The molecule has 2 aromatic heterocycles. The van der Waals surface area contributed by atoms with Crippen LogP contribution in [0.4, 0.5) is 0 Å². The molecule has 3 atom stereocenters. The Hall–Kier alpha value is -1.75. The average molecular weight is 326 g/mol. The molecule has 4 rings (SSSR count). The Bertz CT molecular complexity index is 722. The minimum atomic E-state index is 0.0919. The van der Waals surface area contributed by atoms with Gasteiger partial charge in [0.2, 0.25) is 0 Å². The number of pyridine rings is 1. The topological polar surface area (TPSA) is 33.4 Å². The Morgan fingerprint density at radius 2 is 2.13 bits per heavy atom. The average Bonchev–Trinajstić information content (AvgIpc) is 3.21. The quantitative estimate of drug-likeness (QED) is 0.853. The van der Waals surface area contributed by atoms with E-state index < -0.39 is 0 Å². The van der Waals surface area contributed by atoms with Gasteiger partial charge in [0.05, 0.1) is 11.7 Å². The molecule has 0 N–H and O–H groups in total. The van der Waals surface area contributed by atoms with Gasteiger partial charge in [-0.15, -0.1) is 0 Å². The third kappa shape index (κ3) is 2.57. The van der Waals surface area contributed by atoms with E-state index in [1.54, 1.807) is 0 Å². The lowest BCUT2D eigenvalue weighted by Gasteiger charge is -2.26. The molecule has 0 amide bonds. The highest BCUT2D eigenvalue weighted by Crippen LogP contribution is 2.47. The van der Waals surface area contributed by atoms with Crippen LogP contribution in [0.15, 0.2) is 47.8 Å². The van der Waals surface area contributed by atoms with Gasteiger partial charge in [-0.3, -0.25) is 9.98 Å². The second-order valence-corrected chi connectivity index (χ2v) is 8.03. The minimum absolute atomic E-state index is 0.0919. The molecule has 1 saturated heterocycles. The maximum Gasteiger partial charge on any atom is 0.160 e. The van der Waals surface area contributed by atoms with Gasteiger partial charge in [0.25, 0.3) is 0 Å². The molecular formula is C18H22N4S. The maximum atomic E-state index is 5.02. The van der Waals surface area contributed by atoms with Crippen molar-refractivity contribution in [2.75, 3.05) is 6.54 Å². The SMILES string of the molecule is CC(C)n1ccc([C@H]2[C@H](c3ccccn3)N=C3S[C@@H](C)CN32)c1. The van der Waals surface area contributed by atoms with E-state index in [1.807, 2.05) is 24.0 Å². The summed E-state index contributed by atoms with van der Waals surface area (Å²) in [5.41, 5.74) is 2.40. The molecule has 2 aliphatic heterocycles. The zero-order valence-electron chi connectivity index (χ0n) is 13.8. The first kappa shape index (κ1) is 14.8. The van der Waals surface area contributed by atoms with Gasteiger partial charge < -0.3 is 9.47 Å². The van der Waals surface area contributed by atoms with Crippen LogP contribution in [0.5, 0.6) is 0 Å². The minimum Gasteiger partial charge on any atom is -0.351 e. The molecule has 0 radical (unpaired) electrons. The molecule has 1 fully saturated rings. The second kappa shape index (κ2) is 5.71. The number of thioether (sulfide) groups is 1. The van der Waals surface area contributed by atoms with E-state index in [-0.39, 0.29) is 12.1 Å². The van der Waals surface area contributed by atoms with Crippen molar-refractivity contribution in [3.8, 4) is 0 Å². The van der Waals surface area contributed by atoms with Gasteiger partial charge in [-0.05, 0) is 37.6 Å². The highest BCUT2D eigenvalue weighted by atomic mass is 32.2. The van der Waals surface area contributed by atoms with Crippen LogP contribution in [0.2, 0.25) is 0 Å². The lowest BCUT2D eigenvalue weighted by molar-refractivity contribution is 0.321. The fourth-order valence-corrected chi connectivity index (χ4v) is 4.50. The van der Waals surface area contributed by atoms with Crippen molar-refractivity contribution in [2.45, 2.75) is 44.1 Å². The molecule has 2 aromatic rings. The molecule has 120 valence electrons. The third-order valence-corrected chi connectivity index (χ3v) is 5.66. The largest absolute Gasteiger partial charge is 0.351 e. The van der Waals surface area contributed by atoms with Crippen LogP contribution in [-0.4, -0.2) is 31.4 Å². The summed E-state index contributed by atoms with van der Waals surface area (Å²) in [5.74, 6) is 0. The third-order valence-electron chi connectivity index (χ3n) is 4.56. The van der Waals surface area contributed by atoms with Crippen LogP contribution in [-0.2, 0) is 0 Å². The number of amidine groups is 1. The van der Waals surface area contributed by atoms with E-state index in [4.69, 9.17) is 4.99 Å². The van der Waals surface area contributed by atoms with Crippen LogP contribution in [0, 0.1) is 0 Å². The van der Waals surface area contributed by atoms with Crippen molar-refractivity contribution < 1.29 is 0 Å². The number of aliphatic imine (C=N–C) groups is 1. The number of aromatic nitrogens is 2. The molecule has 0 aromatic carbocycles. The molecule has 4 heterocycles. The number of hydrogen-bond donors (Lipinski definition) is 0. The molecule has 0 unspecified atom stereocenters. The number of hydrogen-bond acceptors (Lipinski definition) is 4. The highest BCUT2D eigenvalue weighted by molar-refractivity contribution is 8.14. The van der Waals surface area contributed by atoms with Crippen molar-refractivity contribution in [2.24, 2.45) is 4.99 Å². The van der Waals surface area contributed by atoms with Crippen LogP contribution in [0.25, 0.3) is 0 Å². The Morgan fingerprint density at radius 3 is 2.83 bits per heavy atom. The molecule has 0 saturated carbocycles. The zero-order chi connectivity index (χ0) is 16.0. The van der Waals surface area contributed by atoms with Gasteiger partial charge in [-0.2, -0.15) is 0 Å². The highest BCUT2D eigenvalue weighted by Gasteiger charge is 2.43. The van der Waals surface area contributed by atoms with Gasteiger partial charge in [0, 0.05) is 36.4 Å². The lowest BCUT2D eigenvalue weighted by atomic mass is 9.99. The van der Waals surface area contributed by atoms with E-state index in [9.17, 15) is 0 Å². The first-order valence-electron chi connectivity index (χ1n) is 8.23. The summed E-state index contributed by atoms with van der Waals surface area (Å²) in [6.45, 7) is 7.76. The van der Waals surface area contributed by atoms with Gasteiger partial charge in [-0.1, -0.05) is 24.8 Å². The van der Waals surface area contributed by atoms with Gasteiger partial charge in [0.15, 0.2) is 5.17 Å². The first-order valence-corrected chi connectivity index (χ1v) is 9.11. The predicted octanol–water partition coefficient (Wildman–Crippen LogP) is 4.05. The van der Waals surface area contributed by atoms with Crippen LogP contribution in [0.1, 0.15) is 50.2 Å². The van der Waals surface area contributed by atoms with E-state index in [1.165, 1.54) is 10.7 Å². The van der Waals surface area contributed by atoms with Gasteiger partial charge >= 0.3 is 0 Å². The fourth-order valence-electron chi connectivity index (χ4n) is 3.40. The van der Waals surface area contributed by atoms with Crippen molar-refractivity contribution in [1.29, 1.82) is 0 Å². The molecule has 0 aliphatic carbocycles. The van der Waals surface area contributed by atoms with Crippen LogP contribution < -0.4 is 0 Å². The Kier molecular flexibility index (Phi) is 3.68. The van der Waals surface area contributed by atoms with E-state index in [0.717, 1.165) is 12.2 Å². The fraction of sp³-hybridized carbons (Fsp3) is 0.444. The number of fused-ring (bicyclic) bond motifs is 1. The summed E-state index contributed by atoms with van der Waals surface area (Å²) in [5, 5.41) is 1.78. The summed E-state index contributed by atoms with van der Waals surface area (Å²) >= 11 is 1.89. The normalized spacial score (nSPS) is 26.7. The monoisotopic (exact) mass is 326 g/mol. The number of nitrogens with zero attached hydrogens (tertiary/aromatic N) is 4. The molecular weight excluding hydrogens is 304 g/mol. The first-order chi connectivity index (χ1) is 11.1. The Morgan fingerprint density at radius 1 is 1.26 bits per heavy atom. The maximum absolute atomic E-state index is 5.02. The lowest BCUT2D eigenvalue weighted by Crippen LogP contribution is -2.28. The molecule has 5 heteroatoms. The second-order valence-electron chi connectivity index (χ2n) is 6.62. The van der Waals surface area contributed by atoms with E-state index in [2.05, 4.69) is 65.8 Å². The molecule has 0 spiro atoms. The summed E-state index contributed by atoms with van der Waals surface area (Å²) in [7, 11) is 0. The Labute approximate surface area is 141 Å². The van der Waals surface area contributed by atoms with Crippen molar-refractivity contribution >= 4 is 16.9 Å². The standard InChI is InChI=1S/C18H22N4S/c1-12(2)21-9-7-14(11-21)17-16(15-6-4-5-8-19-15)20-18-22(17)10-13(3)23-18/h4-9,11-13,16-17H,10H2,1-3H3/t13-,16-,17-/m0/s1. The number of rotatable bonds is 3. The van der Waals surface area contributed by atoms with Crippen molar-refractivity contribution in [3.05, 3.63) is 54.1 Å². The molecule has 0 bridgehead atoms. The summed E-state index contributed by atoms with van der Waals surface area (Å²) in [6, 6.07) is 9.19. The summed E-state index contributed by atoms with van der Waals surface area (Å²) < 4.78 is 2.27. The smallest absolute Gasteiger partial charge is 0.160 e. The molecule has 2 aliphatic rings. The van der Waals surface area contributed by atoms with Crippen molar-refractivity contribution in [3.63, 3.8) is 0 Å². The Balaban J connectivity index is 1.74. The van der Waals surface area contributed by atoms with Gasteiger partial charge in [-0.25, -0.2) is 0 Å². The van der Waals surface area contributed by atoms with E-state index >= 15 is 0 Å². The van der Waals surface area contributed by atoms with Crippen LogP contribution in [0.3, 0.4) is 0 Å². The predicted molar refractivity (Wildman–Crippen MR) is 95.7 cm³/mol. The van der Waals surface area contributed by atoms with E-state index in [0.29, 0.717) is 11.3 Å². The zero-order valence-corrected chi connectivity index (χ0v) is 14.6.